The van der Waals surface area contributed by atoms with E-state index in [0.29, 0.717) is 23.5 Å². The quantitative estimate of drug-likeness (QED) is 0.578. The van der Waals surface area contributed by atoms with Gasteiger partial charge in [-0.15, -0.1) is 0 Å². The molecule has 0 aliphatic carbocycles. The van der Waals surface area contributed by atoms with Crippen LogP contribution in [0.2, 0.25) is 0 Å². The highest BCUT2D eigenvalue weighted by molar-refractivity contribution is 6.02. The van der Waals surface area contributed by atoms with Gasteiger partial charge in [-0.1, -0.05) is 30.3 Å². The molecule has 5 rings (SSSR count). The second-order valence-electron chi connectivity index (χ2n) is 7.40. The number of ether oxygens (including phenoxy) is 3. The molecule has 0 amide bonds. The lowest BCUT2D eigenvalue weighted by Gasteiger charge is -2.38. The standard InChI is InChI=1S/C24H20F2N2O3/c1-29-16-6-3-5-14(11-16)20-13-21-17-7-4-8-22(30-2)23(17)31-24(28(21)27-20)15-9-10-18(25)19(26)12-15/h3-12,21,24H,13H2,1-2H3/t21-,24+/m1/s1. The molecule has 2 aliphatic heterocycles. The third-order valence-corrected chi connectivity index (χ3v) is 5.63. The Balaban J connectivity index is 1.62. The van der Waals surface area contributed by atoms with Crippen molar-refractivity contribution in [1.29, 1.82) is 0 Å². The summed E-state index contributed by atoms with van der Waals surface area (Å²) >= 11 is 0. The lowest BCUT2D eigenvalue weighted by atomic mass is 9.95. The lowest BCUT2D eigenvalue weighted by molar-refractivity contribution is -0.0211. The zero-order chi connectivity index (χ0) is 21.5. The maximum atomic E-state index is 14.0. The van der Waals surface area contributed by atoms with E-state index >= 15 is 0 Å². The highest BCUT2D eigenvalue weighted by atomic mass is 19.2. The molecule has 31 heavy (non-hydrogen) atoms. The first kappa shape index (κ1) is 19.4. The van der Waals surface area contributed by atoms with Crippen LogP contribution in [0.4, 0.5) is 8.78 Å². The number of methoxy groups -OCH3 is 2. The molecule has 0 bridgehead atoms. The Morgan fingerprint density at radius 3 is 2.58 bits per heavy atom. The number of benzene rings is 3. The van der Waals surface area contributed by atoms with Crippen molar-refractivity contribution in [2.75, 3.05) is 14.2 Å². The van der Waals surface area contributed by atoms with E-state index in [4.69, 9.17) is 19.3 Å². The fourth-order valence-corrected chi connectivity index (χ4v) is 4.11. The summed E-state index contributed by atoms with van der Waals surface area (Å²) in [5, 5.41) is 6.64. The monoisotopic (exact) mass is 422 g/mol. The second kappa shape index (κ2) is 7.58. The van der Waals surface area contributed by atoms with Crippen molar-refractivity contribution in [3.05, 3.63) is 89.0 Å². The minimum absolute atomic E-state index is 0.141. The Bertz CT molecular complexity index is 1180. The van der Waals surface area contributed by atoms with Gasteiger partial charge in [0.2, 0.25) is 6.23 Å². The van der Waals surface area contributed by atoms with E-state index in [9.17, 15) is 8.78 Å². The van der Waals surface area contributed by atoms with Crippen LogP contribution < -0.4 is 14.2 Å². The van der Waals surface area contributed by atoms with Crippen LogP contribution in [-0.4, -0.2) is 24.9 Å². The molecule has 0 saturated heterocycles. The average Bonchev–Trinajstić information content (AvgIpc) is 3.26. The lowest BCUT2D eigenvalue weighted by Crippen LogP contribution is -2.34. The molecule has 0 saturated carbocycles. The van der Waals surface area contributed by atoms with Gasteiger partial charge in [-0.05, 0) is 30.3 Å². The predicted octanol–water partition coefficient (Wildman–Crippen LogP) is 5.22. The summed E-state index contributed by atoms with van der Waals surface area (Å²) in [7, 11) is 3.19. The Hall–Kier alpha value is -3.61. The highest BCUT2D eigenvalue weighted by Crippen LogP contribution is 2.50. The number of nitrogens with zero attached hydrogens (tertiary/aromatic N) is 2. The van der Waals surface area contributed by atoms with E-state index in [1.54, 1.807) is 14.2 Å². The summed E-state index contributed by atoms with van der Waals surface area (Å²) in [5.41, 5.74) is 3.19. The van der Waals surface area contributed by atoms with E-state index in [1.165, 1.54) is 6.07 Å². The Kier molecular flexibility index (Phi) is 4.73. The van der Waals surface area contributed by atoms with Crippen molar-refractivity contribution in [3.8, 4) is 17.2 Å². The molecule has 5 nitrogen and oxygen atoms in total. The summed E-state index contributed by atoms with van der Waals surface area (Å²) in [5.74, 6) is 0.0685. The first-order chi connectivity index (χ1) is 15.1. The molecule has 0 spiro atoms. The van der Waals surface area contributed by atoms with Crippen molar-refractivity contribution in [2.45, 2.75) is 18.7 Å². The number of hydrogen-bond acceptors (Lipinski definition) is 5. The normalized spacial score (nSPS) is 19.2. The highest BCUT2D eigenvalue weighted by Gasteiger charge is 2.42. The van der Waals surface area contributed by atoms with Crippen molar-refractivity contribution in [2.24, 2.45) is 5.10 Å². The number of rotatable bonds is 4. The van der Waals surface area contributed by atoms with Gasteiger partial charge in [-0.25, -0.2) is 13.8 Å². The van der Waals surface area contributed by atoms with E-state index < -0.39 is 17.9 Å². The Morgan fingerprint density at radius 2 is 1.81 bits per heavy atom. The van der Waals surface area contributed by atoms with Crippen LogP contribution in [0, 0.1) is 11.6 Å². The third kappa shape index (κ3) is 3.26. The summed E-state index contributed by atoms with van der Waals surface area (Å²) in [6.45, 7) is 0. The molecule has 0 N–H and O–H groups in total. The number of hydrogen-bond donors (Lipinski definition) is 0. The maximum absolute atomic E-state index is 14.0. The molecule has 3 aromatic carbocycles. The zero-order valence-electron chi connectivity index (χ0n) is 17.0. The Labute approximate surface area is 178 Å². The van der Waals surface area contributed by atoms with Crippen molar-refractivity contribution in [3.63, 3.8) is 0 Å². The van der Waals surface area contributed by atoms with Gasteiger partial charge >= 0.3 is 0 Å². The largest absolute Gasteiger partial charge is 0.497 e. The summed E-state index contributed by atoms with van der Waals surface area (Å²) < 4.78 is 44.7. The van der Waals surface area contributed by atoms with Crippen LogP contribution in [0.5, 0.6) is 17.2 Å². The van der Waals surface area contributed by atoms with Gasteiger partial charge in [0.25, 0.3) is 0 Å². The van der Waals surface area contributed by atoms with Gasteiger partial charge < -0.3 is 14.2 Å². The van der Waals surface area contributed by atoms with Crippen molar-refractivity contribution in [1.82, 2.24) is 5.01 Å². The SMILES string of the molecule is COc1cccc(C2=NN3[C@H](C2)c2cccc(OC)c2O[C@H]3c2ccc(F)c(F)c2)c1. The van der Waals surface area contributed by atoms with Crippen LogP contribution >= 0.6 is 0 Å². The van der Waals surface area contributed by atoms with E-state index in [-0.39, 0.29) is 6.04 Å². The molecule has 7 heteroatoms. The van der Waals surface area contributed by atoms with Crippen LogP contribution in [-0.2, 0) is 0 Å². The van der Waals surface area contributed by atoms with Crippen LogP contribution in [0.25, 0.3) is 0 Å². The maximum Gasteiger partial charge on any atom is 0.214 e. The minimum Gasteiger partial charge on any atom is -0.497 e. The molecule has 0 fully saturated rings. The van der Waals surface area contributed by atoms with Gasteiger partial charge in [-0.3, -0.25) is 0 Å². The molecule has 3 aromatic rings. The molecule has 0 unspecified atom stereocenters. The number of para-hydroxylation sites is 1. The number of hydrazone groups is 1. The zero-order valence-corrected chi connectivity index (χ0v) is 17.0. The molecule has 0 radical (unpaired) electrons. The van der Waals surface area contributed by atoms with Crippen LogP contribution in [0.3, 0.4) is 0 Å². The number of halogens is 2. The summed E-state index contributed by atoms with van der Waals surface area (Å²) in [6, 6.07) is 17.0. The topological polar surface area (TPSA) is 43.3 Å². The molecule has 2 atom stereocenters. The molecular formula is C24H20F2N2O3. The molecule has 2 aliphatic rings. The smallest absolute Gasteiger partial charge is 0.214 e. The summed E-state index contributed by atoms with van der Waals surface area (Å²) in [6.07, 6.45) is -0.108. The molecular weight excluding hydrogens is 402 g/mol. The average molecular weight is 422 g/mol. The molecule has 0 aromatic heterocycles. The fourth-order valence-electron chi connectivity index (χ4n) is 4.11. The van der Waals surface area contributed by atoms with Gasteiger partial charge in [0.15, 0.2) is 23.1 Å². The van der Waals surface area contributed by atoms with E-state index in [2.05, 4.69) is 0 Å². The van der Waals surface area contributed by atoms with E-state index in [1.807, 2.05) is 47.5 Å². The molecule has 158 valence electrons. The number of fused-ring (bicyclic) bond motifs is 3. The third-order valence-electron chi connectivity index (χ3n) is 5.63. The van der Waals surface area contributed by atoms with Crippen molar-refractivity contribution >= 4 is 5.71 Å². The van der Waals surface area contributed by atoms with Crippen LogP contribution in [0.15, 0.2) is 65.8 Å². The fraction of sp³-hybridized carbons (Fsp3) is 0.208. The minimum atomic E-state index is -0.931. The van der Waals surface area contributed by atoms with E-state index in [0.717, 1.165) is 34.7 Å². The Morgan fingerprint density at radius 1 is 0.968 bits per heavy atom. The summed E-state index contributed by atoms with van der Waals surface area (Å²) in [4.78, 5) is 0. The first-order valence-corrected chi connectivity index (χ1v) is 9.88. The van der Waals surface area contributed by atoms with Gasteiger partial charge in [-0.2, -0.15) is 5.10 Å². The second-order valence-corrected chi connectivity index (χ2v) is 7.40. The van der Waals surface area contributed by atoms with Gasteiger partial charge in [0.05, 0.1) is 26.0 Å². The van der Waals surface area contributed by atoms with Crippen LogP contribution in [0.1, 0.15) is 35.4 Å². The molecule has 2 heterocycles. The van der Waals surface area contributed by atoms with Gasteiger partial charge in [0, 0.05) is 23.1 Å². The predicted molar refractivity (Wildman–Crippen MR) is 111 cm³/mol. The van der Waals surface area contributed by atoms with Crippen molar-refractivity contribution < 1.29 is 23.0 Å². The van der Waals surface area contributed by atoms with Gasteiger partial charge in [0.1, 0.15) is 5.75 Å². The first-order valence-electron chi connectivity index (χ1n) is 9.88.